The van der Waals surface area contributed by atoms with Gasteiger partial charge in [0.2, 0.25) is 5.91 Å². The van der Waals surface area contributed by atoms with Gasteiger partial charge in [-0.05, 0) is 37.5 Å². The Balaban J connectivity index is 1.45. The number of nitrogens with zero attached hydrogens (tertiary/aromatic N) is 2. The summed E-state index contributed by atoms with van der Waals surface area (Å²) in [7, 11) is 1.87. The predicted molar refractivity (Wildman–Crippen MR) is 111 cm³/mol. The van der Waals surface area contributed by atoms with E-state index in [4.69, 9.17) is 0 Å². The van der Waals surface area contributed by atoms with Crippen LogP contribution in [0.15, 0.2) is 60.7 Å². The van der Waals surface area contributed by atoms with Crippen LogP contribution in [-0.2, 0) is 4.79 Å². The molecule has 1 N–H and O–H groups in total. The molecule has 5 heteroatoms. The summed E-state index contributed by atoms with van der Waals surface area (Å²) in [5.74, 6) is 0.106. The molecule has 1 saturated heterocycles. The highest BCUT2D eigenvalue weighted by molar-refractivity contribution is 5.94. The lowest BCUT2D eigenvalue weighted by atomic mass is 10.0. The van der Waals surface area contributed by atoms with Crippen LogP contribution < -0.4 is 5.32 Å². The van der Waals surface area contributed by atoms with E-state index in [1.807, 2.05) is 60.5 Å². The second kappa shape index (κ2) is 9.51. The maximum absolute atomic E-state index is 12.7. The number of likely N-dealkylation sites (tertiary alicyclic amines) is 1. The Morgan fingerprint density at radius 1 is 1.04 bits per heavy atom. The van der Waals surface area contributed by atoms with Crippen LogP contribution >= 0.6 is 0 Å². The van der Waals surface area contributed by atoms with Gasteiger partial charge in [-0.1, -0.05) is 48.5 Å². The summed E-state index contributed by atoms with van der Waals surface area (Å²) in [6.45, 7) is 4.11. The number of hydrogen-bond donors (Lipinski definition) is 1. The first kappa shape index (κ1) is 20.1. The zero-order chi connectivity index (χ0) is 19.9. The van der Waals surface area contributed by atoms with Crippen molar-refractivity contribution in [3.63, 3.8) is 0 Å². The fraction of sp³-hybridized carbons (Fsp3) is 0.391. The molecule has 148 valence electrons. The number of rotatable bonds is 6. The van der Waals surface area contributed by atoms with Gasteiger partial charge in [0.15, 0.2) is 0 Å². The topological polar surface area (TPSA) is 52.7 Å². The summed E-state index contributed by atoms with van der Waals surface area (Å²) in [6.07, 6.45) is 1.73. The lowest BCUT2D eigenvalue weighted by Gasteiger charge is -2.34. The third-order valence-electron chi connectivity index (χ3n) is 5.57. The van der Waals surface area contributed by atoms with Crippen molar-refractivity contribution in [2.75, 3.05) is 26.7 Å². The van der Waals surface area contributed by atoms with E-state index in [2.05, 4.69) is 29.3 Å². The minimum Gasteiger partial charge on any atom is -0.349 e. The number of nitrogens with one attached hydrogen (secondary N) is 1. The smallest absolute Gasteiger partial charge is 0.251 e. The molecule has 1 fully saturated rings. The molecule has 5 nitrogen and oxygen atoms in total. The Labute approximate surface area is 167 Å². The van der Waals surface area contributed by atoms with Crippen LogP contribution in [-0.4, -0.2) is 54.3 Å². The highest BCUT2D eigenvalue weighted by Gasteiger charge is 2.25. The van der Waals surface area contributed by atoms with Gasteiger partial charge in [0.05, 0.1) is 12.6 Å². The largest absolute Gasteiger partial charge is 0.349 e. The minimum atomic E-state index is -0.0217. The summed E-state index contributed by atoms with van der Waals surface area (Å²) in [4.78, 5) is 29.0. The lowest BCUT2D eigenvalue weighted by Crippen LogP contribution is -2.47. The molecule has 3 rings (SSSR count). The highest BCUT2D eigenvalue weighted by Crippen LogP contribution is 2.19. The van der Waals surface area contributed by atoms with Gasteiger partial charge >= 0.3 is 0 Å². The molecule has 1 aliphatic rings. The van der Waals surface area contributed by atoms with E-state index in [-0.39, 0.29) is 23.9 Å². The van der Waals surface area contributed by atoms with Crippen molar-refractivity contribution in [3.05, 3.63) is 71.8 Å². The van der Waals surface area contributed by atoms with E-state index < -0.39 is 0 Å². The van der Waals surface area contributed by atoms with E-state index in [9.17, 15) is 9.59 Å². The molecule has 1 unspecified atom stereocenters. The first-order valence-electron chi connectivity index (χ1n) is 9.93. The predicted octanol–water partition coefficient (Wildman–Crippen LogP) is 3.10. The molecule has 0 aromatic heterocycles. The Bertz CT molecular complexity index is 771. The molecule has 0 bridgehead atoms. The second-order valence-electron chi connectivity index (χ2n) is 7.48. The molecule has 0 spiro atoms. The van der Waals surface area contributed by atoms with Crippen LogP contribution in [0.2, 0.25) is 0 Å². The first-order chi connectivity index (χ1) is 13.5. The number of likely N-dealkylation sites (N-methyl/N-ethyl adjacent to an activating group) is 1. The molecule has 28 heavy (non-hydrogen) atoms. The number of piperidine rings is 1. The Morgan fingerprint density at radius 2 is 1.61 bits per heavy atom. The summed E-state index contributed by atoms with van der Waals surface area (Å²) < 4.78 is 0. The van der Waals surface area contributed by atoms with Gasteiger partial charge in [-0.2, -0.15) is 0 Å². The third-order valence-corrected chi connectivity index (χ3v) is 5.57. The highest BCUT2D eigenvalue weighted by atomic mass is 16.2. The molecule has 2 amide bonds. The quantitative estimate of drug-likeness (QED) is 0.839. The fourth-order valence-electron chi connectivity index (χ4n) is 3.57. The Hall–Kier alpha value is -2.66. The van der Waals surface area contributed by atoms with Crippen molar-refractivity contribution in [1.29, 1.82) is 0 Å². The molecule has 2 aromatic rings. The van der Waals surface area contributed by atoms with E-state index in [0.717, 1.165) is 31.5 Å². The van der Waals surface area contributed by atoms with E-state index in [0.29, 0.717) is 12.1 Å². The van der Waals surface area contributed by atoms with Crippen molar-refractivity contribution in [2.45, 2.75) is 31.8 Å². The summed E-state index contributed by atoms with van der Waals surface area (Å²) in [5.41, 5.74) is 1.83. The van der Waals surface area contributed by atoms with Crippen LogP contribution in [0.3, 0.4) is 0 Å². The zero-order valence-corrected chi connectivity index (χ0v) is 16.7. The van der Waals surface area contributed by atoms with Crippen LogP contribution in [0, 0.1) is 0 Å². The molecular weight excluding hydrogens is 350 g/mol. The lowest BCUT2D eigenvalue weighted by molar-refractivity contribution is -0.133. The van der Waals surface area contributed by atoms with Gasteiger partial charge in [0.25, 0.3) is 5.91 Å². The van der Waals surface area contributed by atoms with Crippen molar-refractivity contribution in [1.82, 2.24) is 15.1 Å². The number of hydrogen-bond acceptors (Lipinski definition) is 3. The van der Waals surface area contributed by atoms with Crippen LogP contribution in [0.5, 0.6) is 0 Å². The van der Waals surface area contributed by atoms with Crippen LogP contribution in [0.25, 0.3) is 0 Å². The SMILES string of the molecule is CC(c1ccccc1)N(C)C(=O)CN1CCC(NC(=O)c2ccccc2)CC1. The molecule has 0 aliphatic carbocycles. The van der Waals surface area contributed by atoms with Crippen LogP contribution in [0.4, 0.5) is 0 Å². The van der Waals surface area contributed by atoms with E-state index in [1.165, 1.54) is 0 Å². The van der Waals surface area contributed by atoms with E-state index in [1.54, 1.807) is 0 Å². The molecular formula is C23H29N3O2. The fourth-order valence-corrected chi connectivity index (χ4v) is 3.57. The molecule has 0 saturated carbocycles. The van der Waals surface area contributed by atoms with Crippen LogP contribution in [0.1, 0.15) is 41.7 Å². The van der Waals surface area contributed by atoms with Gasteiger partial charge in [-0.25, -0.2) is 0 Å². The maximum Gasteiger partial charge on any atom is 0.251 e. The third kappa shape index (κ3) is 5.20. The zero-order valence-electron chi connectivity index (χ0n) is 16.7. The van der Waals surface area contributed by atoms with Crippen molar-refractivity contribution < 1.29 is 9.59 Å². The number of amides is 2. The summed E-state index contributed by atoms with van der Waals surface area (Å²) >= 11 is 0. The number of carbonyl (C=O) groups excluding carboxylic acids is 2. The molecule has 0 radical (unpaired) electrons. The van der Waals surface area contributed by atoms with E-state index >= 15 is 0 Å². The Morgan fingerprint density at radius 3 is 2.21 bits per heavy atom. The molecule has 1 atom stereocenters. The van der Waals surface area contributed by atoms with Gasteiger partial charge in [-0.15, -0.1) is 0 Å². The normalized spacial score (nSPS) is 16.4. The maximum atomic E-state index is 12.7. The first-order valence-corrected chi connectivity index (χ1v) is 9.93. The standard InChI is InChI=1S/C23H29N3O2/c1-18(19-9-5-3-6-10-19)25(2)22(27)17-26-15-13-21(14-16-26)24-23(28)20-11-7-4-8-12-20/h3-12,18,21H,13-17H2,1-2H3,(H,24,28). The van der Waals surface area contributed by atoms with Gasteiger partial charge in [0.1, 0.15) is 0 Å². The number of carbonyl (C=O) groups is 2. The average Bonchev–Trinajstić information content (AvgIpc) is 2.75. The summed E-state index contributed by atoms with van der Waals surface area (Å²) in [6, 6.07) is 19.6. The van der Waals surface area contributed by atoms with Gasteiger partial charge in [0, 0.05) is 31.7 Å². The molecule has 2 aromatic carbocycles. The molecule has 1 aliphatic heterocycles. The van der Waals surface area contributed by atoms with Gasteiger partial charge in [-0.3, -0.25) is 14.5 Å². The monoisotopic (exact) mass is 379 g/mol. The van der Waals surface area contributed by atoms with Crippen molar-refractivity contribution in [3.8, 4) is 0 Å². The van der Waals surface area contributed by atoms with Gasteiger partial charge < -0.3 is 10.2 Å². The van der Waals surface area contributed by atoms with Crippen molar-refractivity contribution >= 4 is 11.8 Å². The number of benzene rings is 2. The Kier molecular flexibility index (Phi) is 6.82. The molecule has 1 heterocycles. The minimum absolute atomic E-state index is 0.0217. The second-order valence-corrected chi connectivity index (χ2v) is 7.48. The average molecular weight is 380 g/mol. The van der Waals surface area contributed by atoms with Crippen molar-refractivity contribution in [2.24, 2.45) is 0 Å². The summed E-state index contributed by atoms with van der Waals surface area (Å²) in [5, 5.41) is 3.11.